The maximum atomic E-state index is 11.9. The van der Waals surface area contributed by atoms with Crippen LogP contribution in [0.5, 0.6) is 0 Å². The third kappa shape index (κ3) is 5.82. The van der Waals surface area contributed by atoms with Crippen molar-refractivity contribution in [2.45, 2.75) is 13.3 Å². The summed E-state index contributed by atoms with van der Waals surface area (Å²) in [6.07, 6.45) is 2.53. The fourth-order valence-electron chi connectivity index (χ4n) is 2.77. The van der Waals surface area contributed by atoms with E-state index in [0.29, 0.717) is 26.3 Å². The predicted molar refractivity (Wildman–Crippen MR) is 106 cm³/mol. The molecule has 8 heteroatoms. The zero-order chi connectivity index (χ0) is 18.9. The van der Waals surface area contributed by atoms with Gasteiger partial charge in [-0.1, -0.05) is 19.1 Å². The molecule has 2 heterocycles. The van der Waals surface area contributed by atoms with Crippen LogP contribution in [0.2, 0.25) is 0 Å². The summed E-state index contributed by atoms with van der Waals surface area (Å²) in [5.74, 6) is 1.63. The van der Waals surface area contributed by atoms with Gasteiger partial charge in [0.2, 0.25) is 0 Å². The van der Waals surface area contributed by atoms with Crippen molar-refractivity contribution >= 4 is 23.4 Å². The highest BCUT2D eigenvalue weighted by molar-refractivity contribution is 5.89. The van der Waals surface area contributed by atoms with E-state index >= 15 is 0 Å². The van der Waals surface area contributed by atoms with Gasteiger partial charge in [-0.15, -0.1) is 0 Å². The van der Waals surface area contributed by atoms with Gasteiger partial charge in [0, 0.05) is 37.9 Å². The number of aromatic nitrogens is 2. The molecule has 2 amide bonds. The molecule has 0 spiro atoms. The van der Waals surface area contributed by atoms with Gasteiger partial charge < -0.3 is 25.6 Å². The lowest BCUT2D eigenvalue weighted by atomic mass is 10.1. The van der Waals surface area contributed by atoms with Crippen molar-refractivity contribution in [2.75, 3.05) is 54.9 Å². The van der Waals surface area contributed by atoms with Crippen molar-refractivity contribution in [3.05, 3.63) is 42.2 Å². The molecular formula is C19H26N6O2. The second-order valence-electron chi connectivity index (χ2n) is 6.22. The van der Waals surface area contributed by atoms with Crippen LogP contribution in [0.15, 0.2) is 36.7 Å². The zero-order valence-corrected chi connectivity index (χ0v) is 15.6. The van der Waals surface area contributed by atoms with Gasteiger partial charge in [0.15, 0.2) is 0 Å². The van der Waals surface area contributed by atoms with E-state index in [4.69, 9.17) is 4.74 Å². The summed E-state index contributed by atoms with van der Waals surface area (Å²) in [4.78, 5) is 22.7. The van der Waals surface area contributed by atoms with E-state index in [1.54, 1.807) is 6.33 Å². The lowest BCUT2D eigenvalue weighted by molar-refractivity contribution is 0.122. The van der Waals surface area contributed by atoms with Gasteiger partial charge >= 0.3 is 6.03 Å². The number of amides is 2. The minimum Gasteiger partial charge on any atom is -0.378 e. The van der Waals surface area contributed by atoms with Crippen LogP contribution in [0, 0.1) is 0 Å². The molecule has 0 unspecified atom stereocenters. The maximum absolute atomic E-state index is 11.9. The predicted octanol–water partition coefficient (Wildman–Crippen LogP) is 2.11. The van der Waals surface area contributed by atoms with Gasteiger partial charge in [-0.25, -0.2) is 14.8 Å². The number of aryl methyl sites for hydroxylation is 1. The van der Waals surface area contributed by atoms with Crippen LogP contribution in [0.3, 0.4) is 0 Å². The van der Waals surface area contributed by atoms with Gasteiger partial charge in [-0.3, -0.25) is 0 Å². The second-order valence-corrected chi connectivity index (χ2v) is 6.22. The molecule has 1 aromatic carbocycles. The summed E-state index contributed by atoms with van der Waals surface area (Å²) in [5, 5.41) is 8.85. The Morgan fingerprint density at radius 1 is 1.15 bits per heavy atom. The molecule has 3 rings (SSSR count). The Balaban J connectivity index is 1.39. The Morgan fingerprint density at radius 3 is 2.67 bits per heavy atom. The number of anilines is 3. The number of carbonyl (C=O) groups excluding carboxylic acids is 1. The molecule has 27 heavy (non-hydrogen) atoms. The SMILES string of the molecule is CCc1ccc(NC(=O)NCCNc2cc(N3CCOCC3)ncn2)cc1. The highest BCUT2D eigenvalue weighted by Crippen LogP contribution is 2.15. The quantitative estimate of drug-likeness (QED) is 0.647. The van der Waals surface area contributed by atoms with Gasteiger partial charge in [0.25, 0.3) is 0 Å². The number of morpholine rings is 1. The molecule has 0 atom stereocenters. The Labute approximate surface area is 159 Å². The normalized spacial score (nSPS) is 13.9. The average Bonchev–Trinajstić information content (AvgIpc) is 2.73. The van der Waals surface area contributed by atoms with E-state index in [-0.39, 0.29) is 6.03 Å². The van der Waals surface area contributed by atoms with Gasteiger partial charge in [-0.2, -0.15) is 0 Å². The second kappa shape index (κ2) is 9.72. The number of nitrogens with zero attached hydrogens (tertiary/aromatic N) is 3. The monoisotopic (exact) mass is 370 g/mol. The lowest BCUT2D eigenvalue weighted by Gasteiger charge is -2.27. The van der Waals surface area contributed by atoms with E-state index in [1.165, 1.54) is 5.56 Å². The first-order valence-corrected chi connectivity index (χ1v) is 9.27. The largest absolute Gasteiger partial charge is 0.378 e. The van der Waals surface area contributed by atoms with E-state index in [2.05, 4.69) is 37.7 Å². The number of benzene rings is 1. The number of hydrogen-bond donors (Lipinski definition) is 3. The van der Waals surface area contributed by atoms with Crippen molar-refractivity contribution in [1.82, 2.24) is 15.3 Å². The van der Waals surface area contributed by atoms with Crippen molar-refractivity contribution in [2.24, 2.45) is 0 Å². The van der Waals surface area contributed by atoms with E-state index in [0.717, 1.165) is 36.8 Å². The average molecular weight is 370 g/mol. The number of hydrogen-bond acceptors (Lipinski definition) is 6. The van der Waals surface area contributed by atoms with Gasteiger partial charge in [-0.05, 0) is 24.1 Å². The van der Waals surface area contributed by atoms with Crippen LogP contribution in [0.25, 0.3) is 0 Å². The smallest absolute Gasteiger partial charge is 0.319 e. The van der Waals surface area contributed by atoms with Crippen molar-refractivity contribution in [3.63, 3.8) is 0 Å². The van der Waals surface area contributed by atoms with Crippen LogP contribution in [0.1, 0.15) is 12.5 Å². The first-order chi connectivity index (χ1) is 13.2. The molecule has 144 valence electrons. The van der Waals surface area contributed by atoms with Crippen LogP contribution in [0.4, 0.5) is 22.1 Å². The molecule has 1 saturated heterocycles. The fraction of sp³-hybridized carbons (Fsp3) is 0.421. The van der Waals surface area contributed by atoms with Crippen LogP contribution in [-0.4, -0.2) is 55.4 Å². The number of ether oxygens (including phenoxy) is 1. The van der Waals surface area contributed by atoms with E-state index < -0.39 is 0 Å². The Morgan fingerprint density at radius 2 is 1.93 bits per heavy atom. The molecule has 0 radical (unpaired) electrons. The third-order valence-corrected chi connectivity index (χ3v) is 4.32. The molecule has 2 aromatic rings. The first-order valence-electron chi connectivity index (χ1n) is 9.27. The number of rotatable bonds is 7. The van der Waals surface area contributed by atoms with Crippen molar-refractivity contribution < 1.29 is 9.53 Å². The molecule has 1 aliphatic heterocycles. The van der Waals surface area contributed by atoms with Crippen molar-refractivity contribution in [3.8, 4) is 0 Å². The molecule has 1 fully saturated rings. The molecule has 0 aliphatic carbocycles. The molecule has 0 saturated carbocycles. The van der Waals surface area contributed by atoms with Crippen LogP contribution in [-0.2, 0) is 11.2 Å². The molecule has 1 aliphatic rings. The van der Waals surface area contributed by atoms with E-state index in [9.17, 15) is 4.79 Å². The molecule has 8 nitrogen and oxygen atoms in total. The molecule has 0 bridgehead atoms. The molecular weight excluding hydrogens is 344 g/mol. The Bertz CT molecular complexity index is 731. The Hall–Kier alpha value is -2.87. The topological polar surface area (TPSA) is 91.4 Å². The minimum atomic E-state index is -0.224. The minimum absolute atomic E-state index is 0.224. The van der Waals surface area contributed by atoms with Crippen LogP contribution >= 0.6 is 0 Å². The molecule has 3 N–H and O–H groups in total. The lowest BCUT2D eigenvalue weighted by Crippen LogP contribution is -2.36. The van der Waals surface area contributed by atoms with Gasteiger partial charge in [0.05, 0.1) is 13.2 Å². The maximum Gasteiger partial charge on any atom is 0.319 e. The highest BCUT2D eigenvalue weighted by Gasteiger charge is 2.12. The van der Waals surface area contributed by atoms with Gasteiger partial charge in [0.1, 0.15) is 18.0 Å². The standard InChI is InChI=1S/C19H26N6O2/c1-2-15-3-5-16(6-4-15)24-19(26)21-8-7-20-17-13-18(23-14-22-17)25-9-11-27-12-10-25/h3-6,13-14H,2,7-12H2,1H3,(H,20,22,23)(H2,21,24,26). The third-order valence-electron chi connectivity index (χ3n) is 4.32. The number of nitrogens with one attached hydrogen (secondary N) is 3. The summed E-state index contributed by atoms with van der Waals surface area (Å²) in [7, 11) is 0. The summed E-state index contributed by atoms with van der Waals surface area (Å²) in [6.45, 7) is 6.25. The highest BCUT2D eigenvalue weighted by atomic mass is 16.5. The van der Waals surface area contributed by atoms with Crippen molar-refractivity contribution in [1.29, 1.82) is 0 Å². The summed E-state index contributed by atoms with van der Waals surface area (Å²) >= 11 is 0. The Kier molecular flexibility index (Phi) is 6.81. The molecule has 1 aromatic heterocycles. The summed E-state index contributed by atoms with van der Waals surface area (Å²) in [5.41, 5.74) is 2.02. The first kappa shape index (κ1) is 18.9. The number of carbonyl (C=O) groups is 1. The van der Waals surface area contributed by atoms with Crippen LogP contribution < -0.4 is 20.9 Å². The summed E-state index contributed by atoms with van der Waals surface area (Å²) in [6, 6.07) is 9.53. The fourth-order valence-corrected chi connectivity index (χ4v) is 2.77. The zero-order valence-electron chi connectivity index (χ0n) is 15.6. The van der Waals surface area contributed by atoms with E-state index in [1.807, 2.05) is 30.3 Å². The summed E-state index contributed by atoms with van der Waals surface area (Å²) < 4.78 is 5.36. The number of urea groups is 1.